The third-order valence-corrected chi connectivity index (χ3v) is 3.72. The van der Waals surface area contributed by atoms with Gasteiger partial charge in [-0.1, -0.05) is 15.9 Å². The molecule has 1 heterocycles. The van der Waals surface area contributed by atoms with Gasteiger partial charge in [-0.05, 0) is 37.1 Å². The number of piperidine rings is 1. The molecule has 4 heteroatoms. The number of carbonyl (C=O) groups is 1. The molecule has 0 bridgehead atoms. The van der Waals surface area contributed by atoms with Crippen molar-refractivity contribution in [2.45, 2.75) is 17.7 Å². The van der Waals surface area contributed by atoms with Crippen LogP contribution in [-0.4, -0.2) is 28.7 Å². The Kier molecular flexibility index (Phi) is 3.59. The van der Waals surface area contributed by atoms with Gasteiger partial charge in [0.1, 0.15) is 5.82 Å². The predicted octanol–water partition coefficient (Wildman–Crippen LogP) is 2.83. The molecule has 86 valence electrons. The van der Waals surface area contributed by atoms with E-state index in [0.29, 0.717) is 10.4 Å². The van der Waals surface area contributed by atoms with Crippen LogP contribution in [0.15, 0.2) is 24.3 Å². The molecule has 1 saturated heterocycles. The van der Waals surface area contributed by atoms with E-state index in [1.807, 2.05) is 4.90 Å². The molecule has 0 aromatic heterocycles. The minimum atomic E-state index is -0.310. The van der Waals surface area contributed by atoms with Gasteiger partial charge in [0, 0.05) is 23.5 Å². The second-order valence-corrected chi connectivity index (χ2v) is 5.27. The van der Waals surface area contributed by atoms with Crippen molar-refractivity contribution in [2.75, 3.05) is 13.1 Å². The van der Waals surface area contributed by atoms with Crippen molar-refractivity contribution in [3.8, 4) is 0 Å². The van der Waals surface area contributed by atoms with Gasteiger partial charge in [0.2, 0.25) is 0 Å². The number of halogens is 2. The van der Waals surface area contributed by atoms with E-state index in [1.54, 1.807) is 0 Å². The van der Waals surface area contributed by atoms with E-state index in [1.165, 1.54) is 24.3 Å². The van der Waals surface area contributed by atoms with Gasteiger partial charge >= 0.3 is 0 Å². The van der Waals surface area contributed by atoms with Crippen LogP contribution >= 0.6 is 15.9 Å². The molecule has 0 N–H and O–H groups in total. The average Bonchev–Trinajstić information content (AvgIpc) is 2.30. The quantitative estimate of drug-likeness (QED) is 0.727. The Morgan fingerprint density at radius 2 is 1.81 bits per heavy atom. The minimum absolute atomic E-state index is 0.000556. The Hall–Kier alpha value is -0.900. The number of nitrogens with zero attached hydrogens (tertiary/aromatic N) is 1. The standard InChI is InChI=1S/C12H13BrFNO/c13-10-5-7-15(8-6-10)12(16)9-1-3-11(14)4-2-9/h1-4,10H,5-8H2. The molecule has 0 atom stereocenters. The zero-order valence-corrected chi connectivity index (χ0v) is 10.4. The molecule has 1 aromatic carbocycles. The normalized spacial score (nSPS) is 17.5. The molecule has 0 radical (unpaired) electrons. The van der Waals surface area contributed by atoms with Gasteiger partial charge in [0.15, 0.2) is 0 Å². The smallest absolute Gasteiger partial charge is 0.253 e. The Labute approximate surface area is 103 Å². The summed E-state index contributed by atoms with van der Waals surface area (Å²) in [4.78, 5) is 14.3. The summed E-state index contributed by atoms with van der Waals surface area (Å²) in [5.74, 6) is -0.310. The number of amides is 1. The van der Waals surface area contributed by atoms with Gasteiger partial charge in [-0.25, -0.2) is 4.39 Å². The molecule has 0 unspecified atom stereocenters. The number of hydrogen-bond donors (Lipinski definition) is 0. The predicted molar refractivity (Wildman–Crippen MR) is 64.3 cm³/mol. The molecule has 0 aliphatic carbocycles. The number of benzene rings is 1. The topological polar surface area (TPSA) is 20.3 Å². The number of rotatable bonds is 1. The highest BCUT2D eigenvalue weighted by Crippen LogP contribution is 2.19. The van der Waals surface area contributed by atoms with Crippen molar-refractivity contribution in [1.29, 1.82) is 0 Å². The lowest BCUT2D eigenvalue weighted by Crippen LogP contribution is -2.38. The summed E-state index contributed by atoms with van der Waals surface area (Å²) in [5.41, 5.74) is 0.564. The summed E-state index contributed by atoms with van der Waals surface area (Å²) in [6, 6.07) is 5.73. The Balaban J connectivity index is 2.05. The molecule has 1 aliphatic heterocycles. The largest absolute Gasteiger partial charge is 0.339 e. The average molecular weight is 286 g/mol. The van der Waals surface area contributed by atoms with Gasteiger partial charge in [-0.3, -0.25) is 4.79 Å². The lowest BCUT2D eigenvalue weighted by atomic mass is 10.1. The van der Waals surface area contributed by atoms with E-state index in [9.17, 15) is 9.18 Å². The van der Waals surface area contributed by atoms with Crippen molar-refractivity contribution in [3.05, 3.63) is 35.6 Å². The van der Waals surface area contributed by atoms with E-state index in [4.69, 9.17) is 0 Å². The van der Waals surface area contributed by atoms with Gasteiger partial charge in [0.05, 0.1) is 0 Å². The van der Waals surface area contributed by atoms with Crippen LogP contribution in [0, 0.1) is 5.82 Å². The fraction of sp³-hybridized carbons (Fsp3) is 0.417. The SMILES string of the molecule is O=C(c1ccc(F)cc1)N1CCC(Br)CC1. The van der Waals surface area contributed by atoms with Crippen molar-refractivity contribution in [1.82, 2.24) is 4.90 Å². The van der Waals surface area contributed by atoms with Crippen molar-refractivity contribution in [2.24, 2.45) is 0 Å². The Morgan fingerprint density at radius 1 is 1.25 bits per heavy atom. The van der Waals surface area contributed by atoms with E-state index in [-0.39, 0.29) is 11.7 Å². The van der Waals surface area contributed by atoms with Crippen LogP contribution in [-0.2, 0) is 0 Å². The van der Waals surface area contributed by atoms with Crippen LogP contribution in [0.4, 0.5) is 4.39 Å². The molecule has 0 saturated carbocycles. The van der Waals surface area contributed by atoms with Gasteiger partial charge in [-0.15, -0.1) is 0 Å². The third kappa shape index (κ3) is 2.61. The van der Waals surface area contributed by atoms with Crippen molar-refractivity contribution >= 4 is 21.8 Å². The molecule has 16 heavy (non-hydrogen) atoms. The number of hydrogen-bond acceptors (Lipinski definition) is 1. The van der Waals surface area contributed by atoms with Crippen molar-refractivity contribution < 1.29 is 9.18 Å². The first-order valence-corrected chi connectivity index (χ1v) is 6.27. The number of alkyl halides is 1. The minimum Gasteiger partial charge on any atom is -0.339 e. The first-order valence-electron chi connectivity index (χ1n) is 5.36. The van der Waals surface area contributed by atoms with Crippen LogP contribution in [0.2, 0.25) is 0 Å². The summed E-state index contributed by atoms with van der Waals surface area (Å²) in [6.07, 6.45) is 1.96. The van der Waals surface area contributed by atoms with Crippen molar-refractivity contribution in [3.63, 3.8) is 0 Å². The molecular weight excluding hydrogens is 273 g/mol. The molecule has 2 rings (SSSR count). The maximum Gasteiger partial charge on any atom is 0.253 e. The van der Waals surface area contributed by atoms with Gasteiger partial charge < -0.3 is 4.90 Å². The van der Waals surface area contributed by atoms with Crippen LogP contribution in [0.25, 0.3) is 0 Å². The zero-order chi connectivity index (χ0) is 11.5. The second kappa shape index (κ2) is 4.95. The van der Waals surface area contributed by atoms with Crippen LogP contribution < -0.4 is 0 Å². The summed E-state index contributed by atoms with van der Waals surface area (Å²) >= 11 is 3.54. The van der Waals surface area contributed by atoms with Gasteiger partial charge in [-0.2, -0.15) is 0 Å². The zero-order valence-electron chi connectivity index (χ0n) is 8.83. The second-order valence-electron chi connectivity index (χ2n) is 3.97. The lowest BCUT2D eigenvalue weighted by Gasteiger charge is -2.29. The number of carbonyl (C=O) groups excluding carboxylic acids is 1. The summed E-state index contributed by atoms with van der Waals surface area (Å²) < 4.78 is 12.7. The first-order chi connectivity index (χ1) is 7.66. The summed E-state index contributed by atoms with van der Waals surface area (Å²) in [5, 5.41) is 0. The third-order valence-electron chi connectivity index (χ3n) is 2.80. The Morgan fingerprint density at radius 3 is 2.38 bits per heavy atom. The molecule has 0 spiro atoms. The molecule has 1 aliphatic rings. The molecule has 1 fully saturated rings. The summed E-state index contributed by atoms with van der Waals surface area (Å²) in [6.45, 7) is 1.54. The van der Waals surface area contributed by atoms with E-state index in [0.717, 1.165) is 25.9 Å². The fourth-order valence-corrected chi connectivity index (χ4v) is 2.24. The van der Waals surface area contributed by atoms with Gasteiger partial charge in [0.25, 0.3) is 5.91 Å². The molecule has 1 aromatic rings. The molecule has 2 nitrogen and oxygen atoms in total. The van der Waals surface area contributed by atoms with E-state index < -0.39 is 0 Å². The Bertz CT molecular complexity index is 371. The lowest BCUT2D eigenvalue weighted by molar-refractivity contribution is 0.0728. The monoisotopic (exact) mass is 285 g/mol. The maximum absolute atomic E-state index is 12.7. The molecule has 1 amide bonds. The van der Waals surface area contributed by atoms with E-state index in [2.05, 4.69) is 15.9 Å². The van der Waals surface area contributed by atoms with Crippen LogP contribution in [0.1, 0.15) is 23.2 Å². The maximum atomic E-state index is 12.7. The highest BCUT2D eigenvalue weighted by atomic mass is 79.9. The van der Waals surface area contributed by atoms with Crippen LogP contribution in [0.3, 0.4) is 0 Å². The first kappa shape index (κ1) is 11.6. The highest BCUT2D eigenvalue weighted by molar-refractivity contribution is 9.09. The highest BCUT2D eigenvalue weighted by Gasteiger charge is 2.21. The number of likely N-dealkylation sites (tertiary alicyclic amines) is 1. The summed E-state index contributed by atoms with van der Waals surface area (Å²) in [7, 11) is 0. The van der Waals surface area contributed by atoms with Crippen LogP contribution in [0.5, 0.6) is 0 Å². The van der Waals surface area contributed by atoms with E-state index >= 15 is 0 Å². The fourth-order valence-electron chi connectivity index (χ4n) is 1.83. The molecular formula is C12H13BrFNO.